The minimum atomic E-state index is 0.146. The van der Waals surface area contributed by atoms with Gasteiger partial charge in [0.25, 0.3) is 0 Å². The lowest BCUT2D eigenvalue weighted by atomic mass is 10.3. The maximum absolute atomic E-state index is 5.93. The zero-order chi connectivity index (χ0) is 14.0. The van der Waals surface area contributed by atoms with E-state index >= 15 is 0 Å². The van der Waals surface area contributed by atoms with Crippen LogP contribution in [-0.4, -0.2) is 17.1 Å². The van der Waals surface area contributed by atoms with Gasteiger partial charge in [0, 0.05) is 10.5 Å². The Bertz CT molecular complexity index is 621. The zero-order valence-corrected chi connectivity index (χ0v) is 12.7. The summed E-state index contributed by atoms with van der Waals surface area (Å²) in [5.74, 6) is 1.19. The average Bonchev–Trinajstić information content (AvgIpc) is 2.38. The number of halogens is 2. The summed E-state index contributed by atoms with van der Waals surface area (Å²) < 4.78 is 6.04. The molecular weight excluding hydrogens is 332 g/mol. The highest BCUT2D eigenvalue weighted by Crippen LogP contribution is 2.31. The van der Waals surface area contributed by atoms with E-state index in [9.17, 15) is 0 Å². The van der Waals surface area contributed by atoms with Crippen molar-refractivity contribution < 1.29 is 4.74 Å². The van der Waals surface area contributed by atoms with Gasteiger partial charge in [0.1, 0.15) is 5.75 Å². The highest BCUT2D eigenvalue weighted by molar-refractivity contribution is 9.10. The maximum atomic E-state index is 5.93. The summed E-state index contributed by atoms with van der Waals surface area (Å²) in [7, 11) is 1.60. The Hall–Kier alpha value is -1.53. The molecule has 19 heavy (non-hydrogen) atoms. The standard InChI is InChI=1S/C12H12BrClN4O/c1-6-10(15)11(18-12(14)16-6)17-9-5-7(19-2)3-4-8(9)13/h3-5H,15H2,1-2H3,(H,16,17,18). The molecule has 2 rings (SSSR count). The summed E-state index contributed by atoms with van der Waals surface area (Å²) in [5, 5.41) is 3.26. The number of nitrogens with one attached hydrogen (secondary N) is 1. The van der Waals surface area contributed by atoms with E-state index in [4.69, 9.17) is 22.1 Å². The molecule has 0 fully saturated rings. The molecule has 0 saturated heterocycles. The number of nitrogens with zero attached hydrogens (tertiary/aromatic N) is 2. The van der Waals surface area contributed by atoms with Gasteiger partial charge in [0.05, 0.1) is 24.2 Å². The van der Waals surface area contributed by atoms with Crippen molar-refractivity contribution in [3.05, 3.63) is 33.6 Å². The van der Waals surface area contributed by atoms with E-state index in [2.05, 4.69) is 31.2 Å². The van der Waals surface area contributed by atoms with Crippen LogP contribution >= 0.6 is 27.5 Å². The van der Waals surface area contributed by atoms with Crippen molar-refractivity contribution in [3.8, 4) is 5.75 Å². The number of nitrogens with two attached hydrogens (primary N) is 1. The summed E-state index contributed by atoms with van der Waals surface area (Å²) in [6, 6.07) is 5.54. The van der Waals surface area contributed by atoms with Crippen LogP contribution in [0.5, 0.6) is 5.75 Å². The van der Waals surface area contributed by atoms with E-state index in [0.717, 1.165) is 15.9 Å². The number of methoxy groups -OCH3 is 1. The van der Waals surface area contributed by atoms with Crippen LogP contribution < -0.4 is 15.8 Å². The molecule has 1 aromatic heterocycles. The second kappa shape index (κ2) is 5.63. The van der Waals surface area contributed by atoms with Gasteiger partial charge in [-0.2, -0.15) is 4.98 Å². The largest absolute Gasteiger partial charge is 0.497 e. The lowest BCUT2D eigenvalue weighted by molar-refractivity contribution is 0.415. The van der Waals surface area contributed by atoms with Crippen molar-refractivity contribution in [2.24, 2.45) is 0 Å². The van der Waals surface area contributed by atoms with Crippen LogP contribution in [0, 0.1) is 6.92 Å². The molecule has 0 aliphatic carbocycles. The lowest BCUT2D eigenvalue weighted by Crippen LogP contribution is -2.04. The third kappa shape index (κ3) is 3.08. The van der Waals surface area contributed by atoms with Crippen molar-refractivity contribution >= 4 is 44.7 Å². The van der Waals surface area contributed by atoms with Crippen LogP contribution in [0.1, 0.15) is 5.69 Å². The molecular formula is C12H12BrClN4O. The second-order valence-electron chi connectivity index (χ2n) is 3.81. The summed E-state index contributed by atoms with van der Waals surface area (Å²) >= 11 is 9.28. The zero-order valence-electron chi connectivity index (χ0n) is 10.4. The predicted molar refractivity (Wildman–Crippen MR) is 80.2 cm³/mol. The number of anilines is 3. The Balaban J connectivity index is 2.41. The van der Waals surface area contributed by atoms with Gasteiger partial charge in [-0.05, 0) is 46.6 Å². The third-order valence-corrected chi connectivity index (χ3v) is 3.40. The summed E-state index contributed by atoms with van der Waals surface area (Å²) in [4.78, 5) is 8.07. The molecule has 0 aliphatic rings. The molecule has 0 aliphatic heterocycles. The van der Waals surface area contributed by atoms with E-state index < -0.39 is 0 Å². The molecule has 3 N–H and O–H groups in total. The van der Waals surface area contributed by atoms with Crippen LogP contribution in [0.3, 0.4) is 0 Å². The molecule has 2 aromatic rings. The molecule has 0 atom stereocenters. The first-order valence-corrected chi connectivity index (χ1v) is 6.58. The summed E-state index contributed by atoms with van der Waals surface area (Å²) in [6.45, 7) is 1.77. The Morgan fingerprint density at radius 1 is 1.37 bits per heavy atom. The number of benzene rings is 1. The Labute approximate surface area is 124 Å². The minimum Gasteiger partial charge on any atom is -0.497 e. The van der Waals surface area contributed by atoms with Gasteiger partial charge >= 0.3 is 0 Å². The average molecular weight is 344 g/mol. The van der Waals surface area contributed by atoms with Gasteiger partial charge in [0.15, 0.2) is 5.82 Å². The molecule has 0 amide bonds. The van der Waals surface area contributed by atoms with Gasteiger partial charge in [-0.25, -0.2) is 4.98 Å². The van der Waals surface area contributed by atoms with E-state index in [1.165, 1.54) is 0 Å². The highest BCUT2D eigenvalue weighted by Gasteiger charge is 2.10. The highest BCUT2D eigenvalue weighted by atomic mass is 79.9. The molecule has 100 valence electrons. The van der Waals surface area contributed by atoms with Gasteiger partial charge in [-0.1, -0.05) is 0 Å². The number of hydrogen-bond acceptors (Lipinski definition) is 5. The molecule has 0 bridgehead atoms. The monoisotopic (exact) mass is 342 g/mol. The van der Waals surface area contributed by atoms with Crippen molar-refractivity contribution in [3.63, 3.8) is 0 Å². The fraction of sp³-hybridized carbons (Fsp3) is 0.167. The van der Waals surface area contributed by atoms with Crippen LogP contribution in [0.4, 0.5) is 17.2 Å². The fourth-order valence-electron chi connectivity index (χ4n) is 1.50. The quantitative estimate of drug-likeness (QED) is 0.834. The van der Waals surface area contributed by atoms with Crippen LogP contribution in [0.25, 0.3) is 0 Å². The number of aryl methyl sites for hydroxylation is 1. The van der Waals surface area contributed by atoms with Crippen molar-refractivity contribution in [1.82, 2.24) is 9.97 Å². The predicted octanol–water partition coefficient (Wildman–Crippen LogP) is 3.54. The molecule has 0 spiro atoms. The van der Waals surface area contributed by atoms with E-state index in [1.54, 1.807) is 14.0 Å². The van der Waals surface area contributed by atoms with E-state index in [1.807, 2.05) is 18.2 Å². The van der Waals surface area contributed by atoms with Crippen LogP contribution in [0.2, 0.25) is 5.28 Å². The molecule has 0 unspecified atom stereocenters. The van der Waals surface area contributed by atoms with Gasteiger partial charge in [-0.3, -0.25) is 0 Å². The first kappa shape index (κ1) is 13.9. The normalized spacial score (nSPS) is 10.3. The summed E-state index contributed by atoms with van der Waals surface area (Å²) in [5.41, 5.74) is 7.79. The molecule has 5 nitrogen and oxygen atoms in total. The Kier molecular flexibility index (Phi) is 4.11. The number of rotatable bonds is 3. The molecule has 0 radical (unpaired) electrons. The molecule has 0 saturated carbocycles. The number of ether oxygens (including phenoxy) is 1. The van der Waals surface area contributed by atoms with Gasteiger partial charge in [-0.15, -0.1) is 0 Å². The fourth-order valence-corrected chi connectivity index (χ4v) is 2.05. The number of aromatic nitrogens is 2. The molecule has 1 heterocycles. The Morgan fingerprint density at radius 3 is 2.79 bits per heavy atom. The van der Waals surface area contributed by atoms with Crippen molar-refractivity contribution in [2.45, 2.75) is 6.92 Å². The molecule has 7 heteroatoms. The number of nitrogen functional groups attached to an aromatic ring is 1. The van der Waals surface area contributed by atoms with Crippen LogP contribution in [0.15, 0.2) is 22.7 Å². The van der Waals surface area contributed by atoms with Crippen molar-refractivity contribution in [2.75, 3.05) is 18.2 Å². The first-order valence-electron chi connectivity index (χ1n) is 5.41. The number of hydrogen-bond donors (Lipinski definition) is 2. The topological polar surface area (TPSA) is 73.1 Å². The first-order chi connectivity index (χ1) is 9.01. The SMILES string of the molecule is COc1ccc(Br)c(Nc2nc(Cl)nc(C)c2N)c1. The lowest BCUT2D eigenvalue weighted by Gasteiger charge is -2.12. The summed E-state index contributed by atoms with van der Waals surface area (Å²) in [6.07, 6.45) is 0. The van der Waals surface area contributed by atoms with Gasteiger partial charge in [0.2, 0.25) is 5.28 Å². The van der Waals surface area contributed by atoms with Gasteiger partial charge < -0.3 is 15.8 Å². The van der Waals surface area contributed by atoms with E-state index in [-0.39, 0.29) is 5.28 Å². The third-order valence-electron chi connectivity index (χ3n) is 2.54. The van der Waals surface area contributed by atoms with Crippen molar-refractivity contribution in [1.29, 1.82) is 0 Å². The van der Waals surface area contributed by atoms with Crippen LogP contribution in [-0.2, 0) is 0 Å². The maximum Gasteiger partial charge on any atom is 0.224 e. The molecule has 1 aromatic carbocycles. The smallest absolute Gasteiger partial charge is 0.224 e. The van der Waals surface area contributed by atoms with E-state index in [0.29, 0.717) is 17.2 Å². The Morgan fingerprint density at radius 2 is 2.11 bits per heavy atom. The second-order valence-corrected chi connectivity index (χ2v) is 5.00. The minimum absolute atomic E-state index is 0.146.